The second-order valence-electron chi connectivity index (χ2n) is 6.34. The first-order chi connectivity index (χ1) is 12.7. The van der Waals surface area contributed by atoms with Crippen molar-refractivity contribution >= 4 is 11.6 Å². The van der Waals surface area contributed by atoms with Crippen LogP contribution in [0.25, 0.3) is 11.4 Å². The van der Waals surface area contributed by atoms with Gasteiger partial charge >= 0.3 is 0 Å². The predicted octanol–water partition coefficient (Wildman–Crippen LogP) is 1.84. The average Bonchev–Trinajstić information content (AvgIpc) is 3.16. The predicted molar refractivity (Wildman–Crippen MR) is 97.3 cm³/mol. The minimum atomic E-state index is -0.541. The molecule has 1 aromatic heterocycles. The summed E-state index contributed by atoms with van der Waals surface area (Å²) >= 11 is 0. The number of aromatic amines is 1. The number of benzene rings is 1. The monoisotopic (exact) mass is 359 g/mol. The van der Waals surface area contributed by atoms with Crippen LogP contribution in [0, 0.1) is 0 Å². The lowest BCUT2D eigenvalue weighted by molar-refractivity contribution is -0.130. The zero-order valence-electron chi connectivity index (χ0n) is 14.9. The van der Waals surface area contributed by atoms with Crippen LogP contribution in [0.15, 0.2) is 24.3 Å². The number of hydrogen-bond donors (Lipinski definition) is 3. The Labute approximate surface area is 152 Å². The molecule has 8 nitrogen and oxygen atoms in total. The van der Waals surface area contributed by atoms with Gasteiger partial charge in [-0.25, -0.2) is 4.98 Å². The molecule has 0 saturated carbocycles. The van der Waals surface area contributed by atoms with Gasteiger partial charge in [0.05, 0.1) is 19.3 Å². The van der Waals surface area contributed by atoms with Crippen LogP contribution < -0.4 is 11.1 Å². The van der Waals surface area contributed by atoms with E-state index in [-0.39, 0.29) is 12.0 Å². The van der Waals surface area contributed by atoms with E-state index in [1.807, 2.05) is 24.3 Å². The molecule has 2 unspecified atom stereocenters. The number of rotatable bonds is 7. The molecule has 1 aliphatic heterocycles. The van der Waals surface area contributed by atoms with Crippen molar-refractivity contribution in [2.45, 2.75) is 44.9 Å². The number of carbonyl (C=O) groups excluding carboxylic acids is 1. The fourth-order valence-electron chi connectivity index (χ4n) is 2.73. The van der Waals surface area contributed by atoms with Crippen LogP contribution in [0.3, 0.4) is 0 Å². The van der Waals surface area contributed by atoms with E-state index in [0.717, 1.165) is 31.4 Å². The molecule has 1 amide bonds. The van der Waals surface area contributed by atoms with E-state index >= 15 is 0 Å². The summed E-state index contributed by atoms with van der Waals surface area (Å²) in [5.41, 5.74) is 7.06. The van der Waals surface area contributed by atoms with Gasteiger partial charge in [-0.05, 0) is 50.5 Å². The molecular weight excluding hydrogens is 334 g/mol. The Morgan fingerprint density at radius 2 is 2.23 bits per heavy atom. The number of nitrogens with two attached hydrogens (primary N) is 1. The molecule has 1 saturated heterocycles. The molecular formula is C18H25N5O3. The van der Waals surface area contributed by atoms with Crippen LogP contribution in [-0.4, -0.2) is 46.5 Å². The molecule has 2 aromatic rings. The van der Waals surface area contributed by atoms with Gasteiger partial charge in [0.25, 0.3) is 5.91 Å². The first kappa shape index (κ1) is 18.5. The van der Waals surface area contributed by atoms with Crippen LogP contribution in [0.1, 0.15) is 32.0 Å². The van der Waals surface area contributed by atoms with Crippen molar-refractivity contribution in [3.63, 3.8) is 0 Å². The molecule has 1 fully saturated rings. The first-order valence-electron chi connectivity index (χ1n) is 8.91. The van der Waals surface area contributed by atoms with Gasteiger partial charge in [0.2, 0.25) is 0 Å². The van der Waals surface area contributed by atoms with Crippen molar-refractivity contribution < 1.29 is 14.3 Å². The van der Waals surface area contributed by atoms with Gasteiger partial charge in [0.15, 0.2) is 5.82 Å². The maximum absolute atomic E-state index is 12.3. The highest BCUT2D eigenvalue weighted by Crippen LogP contribution is 2.18. The van der Waals surface area contributed by atoms with Crippen molar-refractivity contribution in [3.05, 3.63) is 30.1 Å². The van der Waals surface area contributed by atoms with E-state index in [9.17, 15) is 4.79 Å². The largest absolute Gasteiger partial charge is 0.376 e. The van der Waals surface area contributed by atoms with Crippen molar-refractivity contribution in [2.75, 3.05) is 18.5 Å². The maximum Gasteiger partial charge on any atom is 0.253 e. The molecule has 140 valence electrons. The summed E-state index contributed by atoms with van der Waals surface area (Å²) in [6.45, 7) is 3.28. The molecule has 8 heteroatoms. The lowest BCUT2D eigenvalue weighted by Gasteiger charge is -2.23. The fourth-order valence-corrected chi connectivity index (χ4v) is 2.73. The molecule has 4 N–H and O–H groups in total. The Bertz CT molecular complexity index is 710. The van der Waals surface area contributed by atoms with E-state index in [1.165, 1.54) is 0 Å². The Balaban J connectivity index is 1.50. The zero-order valence-corrected chi connectivity index (χ0v) is 14.9. The van der Waals surface area contributed by atoms with Crippen molar-refractivity contribution in [1.82, 2.24) is 15.2 Å². The van der Waals surface area contributed by atoms with Gasteiger partial charge in [-0.2, -0.15) is 5.10 Å². The molecule has 0 spiro atoms. The smallest absolute Gasteiger partial charge is 0.253 e. The zero-order chi connectivity index (χ0) is 18.4. The van der Waals surface area contributed by atoms with Crippen LogP contribution in [0.4, 0.5) is 5.69 Å². The molecule has 3 rings (SSSR count). The third-order valence-corrected chi connectivity index (χ3v) is 4.31. The van der Waals surface area contributed by atoms with Gasteiger partial charge in [-0.3, -0.25) is 9.89 Å². The number of ether oxygens (including phenoxy) is 2. The van der Waals surface area contributed by atoms with E-state index in [4.69, 9.17) is 15.2 Å². The third-order valence-electron chi connectivity index (χ3n) is 4.31. The Morgan fingerprint density at radius 1 is 1.42 bits per heavy atom. The topological polar surface area (TPSA) is 115 Å². The summed E-state index contributed by atoms with van der Waals surface area (Å²) in [4.78, 5) is 16.5. The molecule has 0 aliphatic carbocycles. The summed E-state index contributed by atoms with van der Waals surface area (Å²) < 4.78 is 11.3. The highest BCUT2D eigenvalue weighted by Gasteiger charge is 2.19. The molecule has 0 bridgehead atoms. The number of anilines is 1. The van der Waals surface area contributed by atoms with Crippen molar-refractivity contribution in [2.24, 2.45) is 5.73 Å². The van der Waals surface area contributed by atoms with Gasteiger partial charge in [0.1, 0.15) is 11.9 Å². The maximum atomic E-state index is 12.3. The molecule has 2 heterocycles. The second kappa shape index (κ2) is 8.88. The van der Waals surface area contributed by atoms with E-state index in [0.29, 0.717) is 30.5 Å². The number of carbonyl (C=O) groups is 1. The molecule has 1 aromatic carbocycles. The summed E-state index contributed by atoms with van der Waals surface area (Å²) in [5, 5.41) is 9.73. The normalized spacial score (nSPS) is 18.5. The standard InChI is InChI=1S/C18H25N5O3/c1-12(26-11-15-4-2-3-9-25-15)18(24)20-14-7-5-13(6-8-14)17-21-16(10-19)22-23-17/h5-8,12,15H,2-4,9-11,19H2,1H3,(H,20,24)(H,21,22,23). The van der Waals surface area contributed by atoms with E-state index < -0.39 is 6.10 Å². The number of H-pyrrole nitrogens is 1. The molecule has 26 heavy (non-hydrogen) atoms. The number of aromatic nitrogens is 3. The fraction of sp³-hybridized carbons (Fsp3) is 0.500. The lowest BCUT2D eigenvalue weighted by atomic mass is 10.1. The van der Waals surface area contributed by atoms with Gasteiger partial charge in [0, 0.05) is 17.9 Å². The van der Waals surface area contributed by atoms with Crippen molar-refractivity contribution in [1.29, 1.82) is 0 Å². The van der Waals surface area contributed by atoms with E-state index in [1.54, 1.807) is 6.92 Å². The second-order valence-corrected chi connectivity index (χ2v) is 6.34. The minimum absolute atomic E-state index is 0.0954. The Hall–Kier alpha value is -2.29. The van der Waals surface area contributed by atoms with E-state index in [2.05, 4.69) is 20.5 Å². The van der Waals surface area contributed by atoms with Gasteiger partial charge in [-0.1, -0.05) is 0 Å². The quantitative estimate of drug-likeness (QED) is 0.695. The number of nitrogens with zero attached hydrogens (tertiary/aromatic N) is 2. The summed E-state index contributed by atoms with van der Waals surface area (Å²) in [7, 11) is 0. The Kier molecular flexibility index (Phi) is 6.32. The third kappa shape index (κ3) is 4.87. The molecule has 2 atom stereocenters. The lowest BCUT2D eigenvalue weighted by Crippen LogP contribution is -2.32. The molecule has 1 aliphatic rings. The van der Waals surface area contributed by atoms with Crippen LogP contribution in [-0.2, 0) is 20.8 Å². The number of amides is 1. The first-order valence-corrected chi connectivity index (χ1v) is 8.91. The minimum Gasteiger partial charge on any atom is -0.376 e. The average molecular weight is 359 g/mol. The molecule has 0 radical (unpaired) electrons. The van der Waals surface area contributed by atoms with Gasteiger partial charge in [-0.15, -0.1) is 0 Å². The summed E-state index contributed by atoms with van der Waals surface area (Å²) in [5.74, 6) is 1.02. The number of hydrogen-bond acceptors (Lipinski definition) is 6. The Morgan fingerprint density at radius 3 is 2.88 bits per heavy atom. The van der Waals surface area contributed by atoms with Crippen LogP contribution in [0.2, 0.25) is 0 Å². The van der Waals surface area contributed by atoms with Crippen LogP contribution >= 0.6 is 0 Å². The highest BCUT2D eigenvalue weighted by atomic mass is 16.5. The van der Waals surface area contributed by atoms with Crippen molar-refractivity contribution in [3.8, 4) is 11.4 Å². The number of nitrogens with one attached hydrogen (secondary N) is 2. The van der Waals surface area contributed by atoms with Crippen LogP contribution in [0.5, 0.6) is 0 Å². The summed E-state index contributed by atoms with van der Waals surface area (Å²) in [6.07, 6.45) is 2.80. The highest BCUT2D eigenvalue weighted by molar-refractivity contribution is 5.94. The van der Waals surface area contributed by atoms with Gasteiger partial charge < -0.3 is 20.5 Å². The SMILES string of the molecule is CC(OCC1CCCCO1)C(=O)Nc1ccc(-c2n[nH]c(CN)n2)cc1. The summed E-state index contributed by atoms with van der Waals surface area (Å²) in [6, 6.07) is 7.31.